The molecule has 2 N–H and O–H groups in total. The van der Waals surface area contributed by atoms with Gasteiger partial charge in [-0.05, 0) is 34.1 Å². The fourth-order valence-electron chi connectivity index (χ4n) is 2.17. The Morgan fingerprint density at radius 3 is 2.44 bits per heavy atom. The van der Waals surface area contributed by atoms with E-state index in [1.807, 2.05) is 13.8 Å². The Balaban J connectivity index is 2.93. The van der Waals surface area contributed by atoms with Crippen LogP contribution < -0.4 is 5.73 Å². The zero-order valence-electron chi connectivity index (χ0n) is 10.9. The third-order valence-electron chi connectivity index (χ3n) is 2.99. The third-order valence-corrected chi connectivity index (χ3v) is 2.99. The third kappa shape index (κ3) is 2.62. The highest BCUT2D eigenvalue weighted by molar-refractivity contribution is 5.27. The summed E-state index contributed by atoms with van der Waals surface area (Å²) in [7, 11) is 1.72. The SMILES string of the molecule is COCCC(C)n1nc(C)c(C(C)N)c1C. The van der Waals surface area contributed by atoms with Crippen LogP contribution in [0.4, 0.5) is 0 Å². The number of aryl methyl sites for hydroxylation is 1. The predicted octanol–water partition coefficient (Wildman–Crippen LogP) is 2.12. The van der Waals surface area contributed by atoms with Crippen molar-refractivity contribution in [3.8, 4) is 0 Å². The standard InChI is InChI=1S/C12H23N3O/c1-8(6-7-16-5)15-11(4)12(9(2)13)10(3)14-15/h8-9H,6-7,13H2,1-5H3. The lowest BCUT2D eigenvalue weighted by Gasteiger charge is -2.14. The van der Waals surface area contributed by atoms with Crippen LogP contribution in [0.3, 0.4) is 0 Å². The summed E-state index contributed by atoms with van der Waals surface area (Å²) in [6.07, 6.45) is 0.969. The molecule has 0 radical (unpaired) electrons. The van der Waals surface area contributed by atoms with E-state index in [1.54, 1.807) is 7.11 Å². The molecule has 0 aliphatic rings. The molecule has 1 aromatic heterocycles. The lowest BCUT2D eigenvalue weighted by atomic mass is 10.1. The highest BCUT2D eigenvalue weighted by atomic mass is 16.5. The molecule has 4 heteroatoms. The molecule has 16 heavy (non-hydrogen) atoms. The molecule has 4 nitrogen and oxygen atoms in total. The maximum Gasteiger partial charge on any atom is 0.0644 e. The lowest BCUT2D eigenvalue weighted by Crippen LogP contribution is -2.12. The van der Waals surface area contributed by atoms with Crippen molar-refractivity contribution >= 4 is 0 Å². The van der Waals surface area contributed by atoms with Crippen molar-refractivity contribution in [3.05, 3.63) is 17.0 Å². The molecule has 1 aromatic rings. The van der Waals surface area contributed by atoms with Gasteiger partial charge in [-0.25, -0.2) is 0 Å². The first-order valence-electron chi connectivity index (χ1n) is 5.79. The molecule has 0 amide bonds. The molecule has 2 atom stereocenters. The van der Waals surface area contributed by atoms with Gasteiger partial charge in [0.05, 0.1) is 11.7 Å². The molecule has 1 heterocycles. The summed E-state index contributed by atoms with van der Waals surface area (Å²) in [5.41, 5.74) is 9.34. The van der Waals surface area contributed by atoms with Gasteiger partial charge in [0.25, 0.3) is 0 Å². The van der Waals surface area contributed by atoms with Crippen molar-refractivity contribution in [1.29, 1.82) is 0 Å². The summed E-state index contributed by atoms with van der Waals surface area (Å²) in [6.45, 7) is 9.02. The molecule has 0 aliphatic carbocycles. The molecular formula is C12H23N3O. The minimum Gasteiger partial charge on any atom is -0.385 e. The Morgan fingerprint density at radius 2 is 2.00 bits per heavy atom. The van der Waals surface area contributed by atoms with E-state index >= 15 is 0 Å². The molecule has 0 fully saturated rings. The summed E-state index contributed by atoms with van der Waals surface area (Å²) in [4.78, 5) is 0. The van der Waals surface area contributed by atoms with Crippen LogP contribution in [0.15, 0.2) is 0 Å². The van der Waals surface area contributed by atoms with E-state index in [9.17, 15) is 0 Å². The Hall–Kier alpha value is -0.870. The maximum absolute atomic E-state index is 5.95. The average Bonchev–Trinajstić information content (AvgIpc) is 2.50. The molecule has 0 spiro atoms. The van der Waals surface area contributed by atoms with Gasteiger partial charge in [0.1, 0.15) is 0 Å². The highest BCUT2D eigenvalue weighted by Crippen LogP contribution is 2.23. The van der Waals surface area contributed by atoms with Gasteiger partial charge in [-0.15, -0.1) is 0 Å². The van der Waals surface area contributed by atoms with E-state index < -0.39 is 0 Å². The van der Waals surface area contributed by atoms with E-state index in [1.165, 1.54) is 11.3 Å². The first kappa shape index (κ1) is 13.2. The molecule has 0 saturated carbocycles. The predicted molar refractivity (Wildman–Crippen MR) is 65.5 cm³/mol. The molecular weight excluding hydrogens is 202 g/mol. The molecule has 1 rings (SSSR count). The normalized spacial score (nSPS) is 15.1. The van der Waals surface area contributed by atoms with Crippen molar-refractivity contribution in [1.82, 2.24) is 9.78 Å². The van der Waals surface area contributed by atoms with Crippen molar-refractivity contribution in [3.63, 3.8) is 0 Å². The van der Waals surface area contributed by atoms with Crippen molar-refractivity contribution in [2.45, 2.75) is 46.2 Å². The first-order chi connectivity index (χ1) is 7.49. The number of nitrogens with two attached hydrogens (primary N) is 1. The summed E-state index contributed by atoms with van der Waals surface area (Å²) >= 11 is 0. The van der Waals surface area contributed by atoms with Crippen LogP contribution in [0.5, 0.6) is 0 Å². The van der Waals surface area contributed by atoms with Gasteiger partial charge in [0.15, 0.2) is 0 Å². The Bertz CT molecular complexity index is 344. The summed E-state index contributed by atoms with van der Waals surface area (Å²) in [6, 6.07) is 0.398. The van der Waals surface area contributed by atoms with Crippen LogP contribution in [-0.4, -0.2) is 23.5 Å². The molecule has 0 aliphatic heterocycles. The van der Waals surface area contributed by atoms with Gasteiger partial charge in [-0.3, -0.25) is 4.68 Å². The van der Waals surface area contributed by atoms with Crippen LogP contribution >= 0.6 is 0 Å². The second-order valence-corrected chi connectivity index (χ2v) is 4.45. The zero-order chi connectivity index (χ0) is 12.3. The largest absolute Gasteiger partial charge is 0.385 e. The van der Waals surface area contributed by atoms with Crippen LogP contribution in [0.2, 0.25) is 0 Å². The molecule has 2 unspecified atom stereocenters. The van der Waals surface area contributed by atoms with Crippen molar-refractivity contribution < 1.29 is 4.74 Å². The van der Waals surface area contributed by atoms with Crippen molar-refractivity contribution in [2.75, 3.05) is 13.7 Å². The fourth-order valence-corrected chi connectivity index (χ4v) is 2.17. The van der Waals surface area contributed by atoms with Crippen LogP contribution in [0.25, 0.3) is 0 Å². The Labute approximate surface area is 97.8 Å². The second-order valence-electron chi connectivity index (χ2n) is 4.45. The summed E-state index contributed by atoms with van der Waals surface area (Å²) in [5, 5.41) is 4.57. The van der Waals surface area contributed by atoms with Gasteiger partial charge >= 0.3 is 0 Å². The average molecular weight is 225 g/mol. The Morgan fingerprint density at radius 1 is 1.38 bits per heavy atom. The van der Waals surface area contributed by atoms with Gasteiger partial charge in [-0.2, -0.15) is 5.10 Å². The Kier molecular flexibility index (Phi) is 4.50. The number of hydrogen-bond acceptors (Lipinski definition) is 3. The van der Waals surface area contributed by atoms with Gasteiger partial charge in [-0.1, -0.05) is 0 Å². The number of aromatic nitrogens is 2. The quantitative estimate of drug-likeness (QED) is 0.835. The first-order valence-corrected chi connectivity index (χ1v) is 5.79. The summed E-state index contributed by atoms with van der Waals surface area (Å²) in [5.74, 6) is 0. The van der Waals surface area contributed by atoms with Gasteiger partial charge in [0.2, 0.25) is 0 Å². The van der Waals surface area contributed by atoms with Crippen LogP contribution in [0, 0.1) is 13.8 Å². The van der Waals surface area contributed by atoms with E-state index in [0.29, 0.717) is 6.04 Å². The lowest BCUT2D eigenvalue weighted by molar-refractivity contribution is 0.178. The van der Waals surface area contributed by atoms with E-state index in [4.69, 9.17) is 10.5 Å². The second kappa shape index (κ2) is 5.46. The number of hydrogen-bond donors (Lipinski definition) is 1. The number of nitrogens with zero attached hydrogens (tertiary/aromatic N) is 2. The number of methoxy groups -OCH3 is 1. The molecule has 0 bridgehead atoms. The van der Waals surface area contributed by atoms with Crippen LogP contribution in [-0.2, 0) is 4.74 Å². The molecule has 0 saturated heterocycles. The minimum absolute atomic E-state index is 0.0448. The monoisotopic (exact) mass is 225 g/mol. The smallest absolute Gasteiger partial charge is 0.0644 e. The summed E-state index contributed by atoms with van der Waals surface area (Å²) < 4.78 is 7.16. The fraction of sp³-hybridized carbons (Fsp3) is 0.750. The number of ether oxygens (including phenoxy) is 1. The minimum atomic E-state index is 0.0448. The van der Waals surface area contributed by atoms with Gasteiger partial charge in [0, 0.05) is 31.0 Å². The van der Waals surface area contributed by atoms with Crippen LogP contribution in [0.1, 0.15) is 49.3 Å². The van der Waals surface area contributed by atoms with Crippen molar-refractivity contribution in [2.24, 2.45) is 5.73 Å². The molecule has 92 valence electrons. The van der Waals surface area contributed by atoms with E-state index in [-0.39, 0.29) is 6.04 Å². The zero-order valence-corrected chi connectivity index (χ0v) is 10.9. The topological polar surface area (TPSA) is 53.1 Å². The van der Waals surface area contributed by atoms with Gasteiger partial charge < -0.3 is 10.5 Å². The van der Waals surface area contributed by atoms with E-state index in [0.717, 1.165) is 18.7 Å². The van der Waals surface area contributed by atoms with E-state index in [2.05, 4.69) is 23.6 Å². The number of rotatable bonds is 5. The highest BCUT2D eigenvalue weighted by Gasteiger charge is 2.17. The molecule has 0 aromatic carbocycles. The maximum atomic E-state index is 5.95.